The van der Waals surface area contributed by atoms with Gasteiger partial charge in [0.2, 0.25) is 0 Å². The molecule has 0 radical (unpaired) electrons. The summed E-state index contributed by atoms with van der Waals surface area (Å²) < 4.78 is 40.5. The van der Waals surface area contributed by atoms with Crippen LogP contribution in [0.1, 0.15) is 36.6 Å². The van der Waals surface area contributed by atoms with Gasteiger partial charge in [-0.25, -0.2) is 8.78 Å². The minimum absolute atomic E-state index is 0.131. The molecule has 2 atom stereocenters. The average molecular weight is 489 g/mol. The van der Waals surface area contributed by atoms with Gasteiger partial charge in [0.25, 0.3) is 0 Å². The number of hydrogen-bond acceptors (Lipinski definition) is 6. The number of carbonyl (C=O) groups is 2. The summed E-state index contributed by atoms with van der Waals surface area (Å²) in [5.74, 6) is -0.631. The molecule has 0 unspecified atom stereocenters. The highest BCUT2D eigenvalue weighted by molar-refractivity contribution is 7.71. The second kappa shape index (κ2) is 10.5. The van der Waals surface area contributed by atoms with Crippen LogP contribution in [0.15, 0.2) is 0 Å². The lowest BCUT2D eigenvalue weighted by atomic mass is 10.2. The van der Waals surface area contributed by atoms with Crippen molar-refractivity contribution in [3.63, 3.8) is 0 Å². The van der Waals surface area contributed by atoms with E-state index in [1.807, 2.05) is 0 Å². The first-order chi connectivity index (χ1) is 15.2. The van der Waals surface area contributed by atoms with Crippen LogP contribution in [0, 0.1) is 9.54 Å². The van der Waals surface area contributed by atoms with E-state index in [0.29, 0.717) is 47.0 Å². The van der Waals surface area contributed by atoms with Crippen molar-refractivity contribution in [2.45, 2.75) is 65.0 Å². The number of hydrogen-bond donors (Lipinski definition) is 2. The number of ether oxygens (including phenoxy) is 2. The van der Waals surface area contributed by atoms with Gasteiger partial charge in [0, 0.05) is 35.6 Å². The molecule has 2 aromatic rings. The third-order valence-electron chi connectivity index (χ3n) is 5.20. The fourth-order valence-corrected chi connectivity index (χ4v) is 4.53. The zero-order chi connectivity index (χ0) is 23.4. The summed E-state index contributed by atoms with van der Waals surface area (Å²) in [4.78, 5) is 28.5. The van der Waals surface area contributed by atoms with E-state index in [4.69, 9.17) is 33.9 Å². The van der Waals surface area contributed by atoms with E-state index < -0.39 is 12.3 Å². The maximum Gasteiger partial charge on any atom is 0.311 e. The Bertz CT molecular complexity index is 1020. The van der Waals surface area contributed by atoms with Crippen molar-refractivity contribution < 1.29 is 27.8 Å². The molecule has 2 N–H and O–H groups in total. The van der Waals surface area contributed by atoms with Crippen LogP contribution in [-0.4, -0.2) is 56.6 Å². The Morgan fingerprint density at radius 2 is 1.25 bits per heavy atom. The highest BCUT2D eigenvalue weighted by Gasteiger charge is 2.27. The van der Waals surface area contributed by atoms with Crippen molar-refractivity contribution in [1.29, 1.82) is 0 Å². The maximum absolute atomic E-state index is 13.2. The SMILES string of the molecule is CCOC(=O)Cc1[nH]c(=S)n2c1C[C@@H](F)C2.CCOC(=O)Cc1[nH]c(=S)n2c1C[C@@H](F)C2. The molecule has 12 heteroatoms. The number of nitrogens with zero attached hydrogens (tertiary/aromatic N) is 2. The van der Waals surface area contributed by atoms with Crippen molar-refractivity contribution in [3.8, 4) is 0 Å². The number of carbonyl (C=O) groups excluding carboxylic acids is 2. The molecule has 0 saturated carbocycles. The third-order valence-corrected chi connectivity index (χ3v) is 5.84. The predicted molar refractivity (Wildman–Crippen MR) is 117 cm³/mol. The molecule has 8 nitrogen and oxygen atoms in total. The van der Waals surface area contributed by atoms with Gasteiger partial charge in [-0.05, 0) is 38.3 Å². The number of halogens is 2. The second-order valence-electron chi connectivity index (χ2n) is 7.50. The highest BCUT2D eigenvalue weighted by Crippen LogP contribution is 2.23. The van der Waals surface area contributed by atoms with Crippen LogP contribution in [0.4, 0.5) is 8.78 Å². The minimum Gasteiger partial charge on any atom is -0.466 e. The maximum atomic E-state index is 13.2. The molecule has 0 amide bonds. The molecule has 2 aliphatic heterocycles. The molecule has 2 aliphatic rings. The number of H-pyrrole nitrogens is 2. The Balaban J connectivity index is 0.000000181. The number of nitrogens with one attached hydrogen (secondary N) is 2. The molecule has 2 aromatic heterocycles. The molecule has 0 spiro atoms. The van der Waals surface area contributed by atoms with Gasteiger partial charge >= 0.3 is 11.9 Å². The molecule has 0 bridgehead atoms. The second-order valence-corrected chi connectivity index (χ2v) is 8.27. The summed E-state index contributed by atoms with van der Waals surface area (Å²) in [5.41, 5.74) is 2.96. The molecule has 4 rings (SSSR count). The standard InChI is InChI=1S/2C10H13FN2O2S/c2*1-2-15-9(14)4-7-8-3-6(11)5-13(8)10(16)12-7/h2*6H,2-5H2,1H3,(H,12,16)/t2*6-/m11/s1. The van der Waals surface area contributed by atoms with E-state index in [0.717, 1.165) is 11.4 Å². The summed E-state index contributed by atoms with van der Waals surface area (Å²) >= 11 is 10.1. The van der Waals surface area contributed by atoms with Crippen molar-refractivity contribution in [2.75, 3.05) is 13.2 Å². The number of aromatic amines is 2. The lowest BCUT2D eigenvalue weighted by molar-refractivity contribution is -0.143. The number of fused-ring (bicyclic) bond motifs is 2. The monoisotopic (exact) mass is 488 g/mol. The van der Waals surface area contributed by atoms with E-state index in [2.05, 4.69) is 9.97 Å². The molecule has 0 aromatic carbocycles. The van der Waals surface area contributed by atoms with Gasteiger partial charge < -0.3 is 28.6 Å². The van der Waals surface area contributed by atoms with E-state index >= 15 is 0 Å². The van der Waals surface area contributed by atoms with Crippen LogP contribution in [0.25, 0.3) is 0 Å². The summed E-state index contributed by atoms with van der Waals surface area (Å²) in [5, 5.41) is 0. The number of imidazole rings is 2. The van der Waals surface area contributed by atoms with Gasteiger partial charge in [0.1, 0.15) is 12.3 Å². The Morgan fingerprint density at radius 1 is 0.875 bits per heavy atom. The van der Waals surface area contributed by atoms with Gasteiger partial charge in [0.05, 0.1) is 39.1 Å². The topological polar surface area (TPSA) is 94.0 Å². The van der Waals surface area contributed by atoms with Crippen LogP contribution in [0.3, 0.4) is 0 Å². The molecule has 32 heavy (non-hydrogen) atoms. The van der Waals surface area contributed by atoms with Crippen molar-refractivity contribution in [1.82, 2.24) is 19.1 Å². The summed E-state index contributed by atoms with van der Waals surface area (Å²) in [6.07, 6.45) is -0.887. The zero-order valence-electron chi connectivity index (χ0n) is 17.9. The molecule has 0 fully saturated rings. The van der Waals surface area contributed by atoms with Gasteiger partial charge in [-0.1, -0.05) is 0 Å². The van der Waals surface area contributed by atoms with E-state index in [9.17, 15) is 18.4 Å². The van der Waals surface area contributed by atoms with Crippen LogP contribution >= 0.6 is 24.4 Å². The van der Waals surface area contributed by atoms with Crippen LogP contribution in [0.2, 0.25) is 0 Å². The van der Waals surface area contributed by atoms with Gasteiger partial charge in [-0.2, -0.15) is 0 Å². The van der Waals surface area contributed by atoms with Crippen LogP contribution in [-0.2, 0) is 57.8 Å². The van der Waals surface area contributed by atoms with E-state index in [1.54, 1.807) is 23.0 Å². The average Bonchev–Trinajstić information content (AvgIpc) is 3.42. The number of esters is 2. The fourth-order valence-electron chi connectivity index (χ4n) is 3.91. The molecular weight excluding hydrogens is 462 g/mol. The Morgan fingerprint density at radius 3 is 1.59 bits per heavy atom. The van der Waals surface area contributed by atoms with Crippen molar-refractivity contribution in [3.05, 3.63) is 32.3 Å². The Hall–Kier alpha value is -2.34. The fraction of sp³-hybridized carbons (Fsp3) is 0.600. The van der Waals surface area contributed by atoms with E-state index in [1.165, 1.54) is 0 Å². The summed E-state index contributed by atoms with van der Waals surface area (Å²) in [7, 11) is 0. The third kappa shape index (κ3) is 5.52. The van der Waals surface area contributed by atoms with Gasteiger partial charge in [0.15, 0.2) is 9.54 Å². The van der Waals surface area contributed by atoms with Crippen molar-refractivity contribution in [2.24, 2.45) is 0 Å². The number of aromatic nitrogens is 4. The Kier molecular flexibility index (Phi) is 7.99. The molecular formula is C20H26F2N4O4S2. The molecule has 176 valence electrons. The number of alkyl halides is 2. The molecule has 0 saturated heterocycles. The first kappa shape index (κ1) is 24.3. The largest absolute Gasteiger partial charge is 0.466 e. The number of rotatable bonds is 6. The zero-order valence-corrected chi connectivity index (χ0v) is 19.5. The quantitative estimate of drug-likeness (QED) is 0.480. The minimum atomic E-state index is -0.896. The molecule has 4 heterocycles. The first-order valence-corrected chi connectivity index (χ1v) is 11.3. The summed E-state index contributed by atoms with van der Waals surface area (Å²) in [6, 6.07) is 0. The van der Waals surface area contributed by atoms with Gasteiger partial charge in [-0.3, -0.25) is 9.59 Å². The molecule has 0 aliphatic carbocycles. The van der Waals surface area contributed by atoms with Crippen LogP contribution in [0.5, 0.6) is 0 Å². The van der Waals surface area contributed by atoms with Crippen LogP contribution < -0.4 is 0 Å². The Labute approximate surface area is 193 Å². The van der Waals surface area contributed by atoms with Gasteiger partial charge in [-0.15, -0.1) is 0 Å². The lowest BCUT2D eigenvalue weighted by Gasteiger charge is -2.01. The smallest absolute Gasteiger partial charge is 0.311 e. The first-order valence-electron chi connectivity index (χ1n) is 10.4. The predicted octanol–water partition coefficient (Wildman–Crippen LogP) is 3.09. The normalized spacial score (nSPS) is 18.5. The van der Waals surface area contributed by atoms with E-state index in [-0.39, 0.29) is 37.9 Å². The lowest BCUT2D eigenvalue weighted by Crippen LogP contribution is -2.09. The highest BCUT2D eigenvalue weighted by atomic mass is 32.1. The van der Waals surface area contributed by atoms with Crippen molar-refractivity contribution >= 4 is 36.4 Å². The summed E-state index contributed by atoms with van der Waals surface area (Å²) in [6.45, 7) is 4.77.